The number of rotatable bonds is 5. The average molecular weight is 267 g/mol. The fourth-order valence-corrected chi connectivity index (χ4v) is 2.76. The van der Waals surface area contributed by atoms with Crippen LogP contribution in [0.25, 0.3) is 0 Å². The van der Waals surface area contributed by atoms with Gasteiger partial charge in [0.15, 0.2) is 0 Å². The molecule has 0 bridgehead atoms. The third kappa shape index (κ3) is 2.93. The Labute approximate surface area is 113 Å². The molecule has 18 heavy (non-hydrogen) atoms. The quantitative estimate of drug-likeness (QED) is 0.812. The molecule has 1 aliphatic carbocycles. The number of aryl methyl sites for hydroxylation is 1. The van der Waals surface area contributed by atoms with Crippen molar-refractivity contribution in [3.05, 3.63) is 34.3 Å². The number of carbonyl (C=O) groups excluding carboxylic acids is 1. The third-order valence-corrected chi connectivity index (χ3v) is 4.17. The molecule has 0 heterocycles. The number of hydrogen-bond acceptors (Lipinski definition) is 2. The van der Waals surface area contributed by atoms with Crippen molar-refractivity contribution in [2.24, 2.45) is 0 Å². The molecular formula is C15H19ClO2. The van der Waals surface area contributed by atoms with E-state index in [-0.39, 0.29) is 11.4 Å². The van der Waals surface area contributed by atoms with Gasteiger partial charge in [0.25, 0.3) is 0 Å². The number of ether oxygens (including phenoxy) is 1. The van der Waals surface area contributed by atoms with Gasteiger partial charge in [-0.05, 0) is 43.4 Å². The Bertz CT molecular complexity index is 444. The van der Waals surface area contributed by atoms with Crippen LogP contribution in [0.15, 0.2) is 18.2 Å². The lowest BCUT2D eigenvalue weighted by Crippen LogP contribution is -2.41. The van der Waals surface area contributed by atoms with Crippen LogP contribution in [0.1, 0.15) is 36.8 Å². The van der Waals surface area contributed by atoms with Crippen LogP contribution in [0.5, 0.6) is 0 Å². The van der Waals surface area contributed by atoms with Gasteiger partial charge in [0.1, 0.15) is 5.78 Å². The summed E-state index contributed by atoms with van der Waals surface area (Å²) in [6, 6.07) is 5.83. The third-order valence-electron chi connectivity index (χ3n) is 3.81. The van der Waals surface area contributed by atoms with E-state index in [9.17, 15) is 4.79 Å². The number of hydrogen-bond donors (Lipinski definition) is 0. The van der Waals surface area contributed by atoms with Crippen molar-refractivity contribution in [3.8, 4) is 0 Å². The van der Waals surface area contributed by atoms with Gasteiger partial charge in [-0.15, -0.1) is 0 Å². The molecule has 0 unspecified atom stereocenters. The van der Waals surface area contributed by atoms with Crippen LogP contribution in [0.3, 0.4) is 0 Å². The lowest BCUT2D eigenvalue weighted by molar-refractivity contribution is -0.131. The van der Waals surface area contributed by atoms with Crippen molar-refractivity contribution in [3.63, 3.8) is 0 Å². The maximum absolute atomic E-state index is 12.1. The highest BCUT2D eigenvalue weighted by Gasteiger charge is 2.38. The van der Waals surface area contributed by atoms with Crippen LogP contribution < -0.4 is 0 Å². The number of methoxy groups -OCH3 is 1. The molecule has 1 aliphatic rings. The Balaban J connectivity index is 1.98. The predicted octanol–water partition coefficient (Wildman–Crippen LogP) is 3.72. The molecule has 2 rings (SSSR count). The number of Topliss-reactive ketones (excluding diaryl/α,β-unsaturated/α-hetero) is 1. The molecule has 1 aromatic rings. The fraction of sp³-hybridized carbons (Fsp3) is 0.533. The zero-order valence-electron chi connectivity index (χ0n) is 11.0. The van der Waals surface area contributed by atoms with Crippen molar-refractivity contribution >= 4 is 17.4 Å². The van der Waals surface area contributed by atoms with E-state index in [1.807, 2.05) is 25.1 Å². The van der Waals surface area contributed by atoms with E-state index in [2.05, 4.69) is 0 Å². The van der Waals surface area contributed by atoms with Gasteiger partial charge in [-0.3, -0.25) is 4.79 Å². The van der Waals surface area contributed by atoms with Crippen LogP contribution >= 0.6 is 11.6 Å². The minimum atomic E-state index is -0.186. The maximum atomic E-state index is 12.1. The molecule has 0 atom stereocenters. The van der Waals surface area contributed by atoms with Crippen molar-refractivity contribution < 1.29 is 9.53 Å². The predicted molar refractivity (Wildman–Crippen MR) is 73.1 cm³/mol. The number of benzene rings is 1. The zero-order chi connectivity index (χ0) is 13.2. The maximum Gasteiger partial charge on any atom is 0.140 e. The Morgan fingerprint density at radius 2 is 2.17 bits per heavy atom. The number of halogens is 1. The first-order valence-electron chi connectivity index (χ1n) is 6.36. The Morgan fingerprint density at radius 1 is 1.44 bits per heavy atom. The average Bonchev–Trinajstić information content (AvgIpc) is 2.27. The topological polar surface area (TPSA) is 26.3 Å². The molecular weight excluding hydrogens is 248 g/mol. The second kappa shape index (κ2) is 5.41. The smallest absolute Gasteiger partial charge is 0.140 e. The summed E-state index contributed by atoms with van der Waals surface area (Å²) < 4.78 is 5.48. The van der Waals surface area contributed by atoms with Gasteiger partial charge < -0.3 is 4.74 Å². The lowest BCUT2D eigenvalue weighted by atomic mass is 9.76. The largest absolute Gasteiger partial charge is 0.378 e. The normalized spacial score (nSPS) is 17.3. The van der Waals surface area contributed by atoms with E-state index >= 15 is 0 Å². The van der Waals surface area contributed by atoms with Gasteiger partial charge in [-0.2, -0.15) is 0 Å². The molecule has 0 aliphatic heterocycles. The van der Waals surface area contributed by atoms with E-state index < -0.39 is 0 Å². The molecule has 2 nitrogen and oxygen atoms in total. The van der Waals surface area contributed by atoms with Crippen molar-refractivity contribution in [2.45, 2.75) is 44.6 Å². The van der Waals surface area contributed by atoms with E-state index in [1.54, 1.807) is 7.11 Å². The standard InChI is InChI=1S/C15H19ClO2/c1-11-4-5-12(14(16)8-11)9-13(17)10-15(18-2)6-3-7-15/h4-5,8H,3,6-7,9-10H2,1-2H3. The minimum Gasteiger partial charge on any atom is -0.378 e. The SMILES string of the molecule is COC1(CC(=O)Cc2ccc(C)cc2Cl)CCC1. The van der Waals surface area contributed by atoms with Gasteiger partial charge in [0.05, 0.1) is 5.60 Å². The monoisotopic (exact) mass is 266 g/mol. The highest BCUT2D eigenvalue weighted by Crippen LogP contribution is 2.38. The molecule has 0 radical (unpaired) electrons. The molecule has 1 saturated carbocycles. The van der Waals surface area contributed by atoms with Crippen molar-refractivity contribution in [1.82, 2.24) is 0 Å². The first-order valence-corrected chi connectivity index (χ1v) is 6.74. The van der Waals surface area contributed by atoms with Crippen molar-refractivity contribution in [2.75, 3.05) is 7.11 Å². The minimum absolute atomic E-state index is 0.186. The zero-order valence-corrected chi connectivity index (χ0v) is 11.7. The van der Waals surface area contributed by atoms with E-state index in [1.165, 1.54) is 0 Å². The van der Waals surface area contributed by atoms with E-state index in [0.29, 0.717) is 17.9 Å². The molecule has 0 N–H and O–H groups in total. The number of ketones is 1. The molecule has 1 aromatic carbocycles. The van der Waals surface area contributed by atoms with Gasteiger partial charge in [-0.1, -0.05) is 23.7 Å². The summed E-state index contributed by atoms with van der Waals surface area (Å²) in [7, 11) is 1.70. The van der Waals surface area contributed by atoms with Crippen molar-refractivity contribution in [1.29, 1.82) is 0 Å². The van der Waals surface area contributed by atoms with E-state index in [4.69, 9.17) is 16.3 Å². The second-order valence-corrected chi connectivity index (χ2v) is 5.63. The highest BCUT2D eigenvalue weighted by molar-refractivity contribution is 6.31. The van der Waals surface area contributed by atoms with Gasteiger partial charge in [0.2, 0.25) is 0 Å². The Kier molecular flexibility index (Phi) is 4.08. The Hall–Kier alpha value is -0.860. The van der Waals surface area contributed by atoms with Gasteiger partial charge in [-0.25, -0.2) is 0 Å². The summed E-state index contributed by atoms with van der Waals surface area (Å²) in [4.78, 5) is 12.1. The first-order chi connectivity index (χ1) is 8.54. The number of carbonyl (C=O) groups is 1. The van der Waals surface area contributed by atoms with Crippen LogP contribution in [0.4, 0.5) is 0 Å². The molecule has 0 spiro atoms. The molecule has 0 aromatic heterocycles. The summed E-state index contributed by atoms with van der Waals surface area (Å²) in [5.41, 5.74) is 1.84. The van der Waals surface area contributed by atoms with Crippen LogP contribution in [-0.2, 0) is 16.0 Å². The summed E-state index contributed by atoms with van der Waals surface area (Å²) in [5, 5.41) is 0.684. The fourth-order valence-electron chi connectivity index (χ4n) is 2.45. The van der Waals surface area contributed by atoms with Gasteiger partial charge in [0, 0.05) is 25.0 Å². The molecule has 0 amide bonds. The lowest BCUT2D eigenvalue weighted by Gasteiger charge is -2.40. The van der Waals surface area contributed by atoms with Crippen LogP contribution in [-0.4, -0.2) is 18.5 Å². The van der Waals surface area contributed by atoms with Crippen LogP contribution in [0.2, 0.25) is 5.02 Å². The van der Waals surface area contributed by atoms with Crippen LogP contribution in [0, 0.1) is 6.92 Å². The summed E-state index contributed by atoms with van der Waals surface area (Å²) in [6.07, 6.45) is 4.07. The summed E-state index contributed by atoms with van der Waals surface area (Å²) in [6.45, 7) is 1.99. The molecule has 1 fully saturated rings. The van der Waals surface area contributed by atoms with E-state index in [0.717, 1.165) is 30.4 Å². The summed E-state index contributed by atoms with van der Waals surface area (Å²) >= 11 is 6.14. The molecule has 3 heteroatoms. The Morgan fingerprint density at radius 3 is 2.67 bits per heavy atom. The highest BCUT2D eigenvalue weighted by atomic mass is 35.5. The summed E-state index contributed by atoms with van der Waals surface area (Å²) in [5.74, 6) is 0.210. The molecule has 98 valence electrons. The first kappa shape index (κ1) is 13.6. The second-order valence-electron chi connectivity index (χ2n) is 5.23. The van der Waals surface area contributed by atoms with Gasteiger partial charge >= 0.3 is 0 Å². The molecule has 0 saturated heterocycles.